The predicted molar refractivity (Wildman–Crippen MR) is 171 cm³/mol. The van der Waals surface area contributed by atoms with Gasteiger partial charge in [-0.2, -0.15) is 0 Å². The first-order valence-corrected chi connectivity index (χ1v) is 15.9. The Balaban J connectivity index is 1.80. The van der Waals surface area contributed by atoms with Crippen molar-refractivity contribution in [2.45, 2.75) is 51.6 Å². The summed E-state index contributed by atoms with van der Waals surface area (Å²) in [6.07, 6.45) is 0.277. The molecule has 0 aromatic heterocycles. The number of anilines is 1. The lowest BCUT2D eigenvalue weighted by Gasteiger charge is -2.34. The maximum Gasteiger partial charge on any atom is 0.264 e. The summed E-state index contributed by atoms with van der Waals surface area (Å²) in [5.41, 5.74) is 4.94. The molecule has 7 nitrogen and oxygen atoms in total. The second kappa shape index (κ2) is 14.2. The van der Waals surface area contributed by atoms with Gasteiger partial charge in [0.05, 0.1) is 10.6 Å². The van der Waals surface area contributed by atoms with E-state index >= 15 is 0 Å². The molecule has 0 heterocycles. The average molecular weight is 598 g/mol. The lowest BCUT2D eigenvalue weighted by molar-refractivity contribution is -0.140. The number of likely N-dealkylation sites (N-methyl/N-ethyl adjacent to an activating group) is 1. The minimum absolute atomic E-state index is 0.0864. The van der Waals surface area contributed by atoms with Crippen molar-refractivity contribution in [3.63, 3.8) is 0 Å². The van der Waals surface area contributed by atoms with Crippen LogP contribution in [0.4, 0.5) is 5.69 Å². The zero-order valence-electron chi connectivity index (χ0n) is 25.2. The third-order valence-electron chi connectivity index (χ3n) is 7.48. The van der Waals surface area contributed by atoms with Crippen molar-refractivity contribution in [1.29, 1.82) is 0 Å². The Bertz CT molecular complexity index is 1640. The van der Waals surface area contributed by atoms with Crippen molar-refractivity contribution < 1.29 is 18.0 Å². The van der Waals surface area contributed by atoms with Crippen molar-refractivity contribution in [3.8, 4) is 0 Å². The van der Waals surface area contributed by atoms with Crippen LogP contribution in [0.25, 0.3) is 0 Å². The Kier molecular flexibility index (Phi) is 10.4. The van der Waals surface area contributed by atoms with E-state index in [0.29, 0.717) is 12.2 Å². The van der Waals surface area contributed by atoms with Gasteiger partial charge >= 0.3 is 0 Å². The van der Waals surface area contributed by atoms with E-state index < -0.39 is 28.5 Å². The summed E-state index contributed by atoms with van der Waals surface area (Å²) >= 11 is 0. The molecule has 0 aliphatic rings. The van der Waals surface area contributed by atoms with E-state index in [-0.39, 0.29) is 23.8 Å². The number of sulfonamides is 1. The van der Waals surface area contributed by atoms with Gasteiger partial charge in [-0.15, -0.1) is 0 Å². The average Bonchev–Trinajstić information content (AvgIpc) is 3.00. The molecular weight excluding hydrogens is 558 g/mol. The number of benzene rings is 4. The summed E-state index contributed by atoms with van der Waals surface area (Å²) in [7, 11) is -4.13. The summed E-state index contributed by atoms with van der Waals surface area (Å²) in [5, 5.41) is 2.88. The molecule has 4 aromatic carbocycles. The van der Waals surface area contributed by atoms with Gasteiger partial charge in [-0.3, -0.25) is 13.9 Å². The van der Waals surface area contributed by atoms with Gasteiger partial charge < -0.3 is 10.2 Å². The van der Waals surface area contributed by atoms with Crippen LogP contribution in [0.1, 0.15) is 34.7 Å². The summed E-state index contributed by atoms with van der Waals surface area (Å²) in [6, 6.07) is 30.0. The minimum Gasteiger partial charge on any atom is -0.355 e. The van der Waals surface area contributed by atoms with Crippen molar-refractivity contribution in [2.75, 3.05) is 17.4 Å². The highest BCUT2D eigenvalue weighted by molar-refractivity contribution is 7.92. The van der Waals surface area contributed by atoms with E-state index in [1.165, 1.54) is 4.90 Å². The monoisotopic (exact) mass is 597 g/mol. The molecule has 2 amide bonds. The largest absolute Gasteiger partial charge is 0.355 e. The van der Waals surface area contributed by atoms with Crippen molar-refractivity contribution in [2.24, 2.45) is 0 Å². The van der Waals surface area contributed by atoms with Gasteiger partial charge in [-0.05, 0) is 74.2 Å². The predicted octanol–water partition coefficient (Wildman–Crippen LogP) is 5.58. The van der Waals surface area contributed by atoms with Crippen molar-refractivity contribution in [3.05, 3.63) is 131 Å². The summed E-state index contributed by atoms with van der Waals surface area (Å²) < 4.78 is 29.4. The third-order valence-corrected chi connectivity index (χ3v) is 9.27. The zero-order chi connectivity index (χ0) is 31.0. The topological polar surface area (TPSA) is 86.8 Å². The van der Waals surface area contributed by atoms with E-state index in [9.17, 15) is 18.0 Å². The second-order valence-electron chi connectivity index (χ2n) is 10.7. The molecule has 0 unspecified atom stereocenters. The molecule has 4 aromatic rings. The molecule has 0 radical (unpaired) electrons. The third kappa shape index (κ3) is 7.90. The van der Waals surface area contributed by atoms with Crippen LogP contribution in [0.2, 0.25) is 0 Å². The number of amides is 2. The quantitative estimate of drug-likeness (QED) is 0.231. The number of nitrogens with zero attached hydrogens (tertiary/aromatic N) is 2. The molecule has 8 heteroatoms. The molecule has 0 saturated heterocycles. The highest BCUT2D eigenvalue weighted by Gasteiger charge is 2.34. The smallest absolute Gasteiger partial charge is 0.264 e. The van der Waals surface area contributed by atoms with Crippen LogP contribution in [0.5, 0.6) is 0 Å². The molecule has 0 aliphatic heterocycles. The van der Waals surface area contributed by atoms with Gasteiger partial charge in [0.25, 0.3) is 10.0 Å². The van der Waals surface area contributed by atoms with E-state index in [1.807, 2.05) is 94.4 Å². The Morgan fingerprint density at radius 2 is 1.37 bits per heavy atom. The Hall–Kier alpha value is -4.43. The fourth-order valence-electron chi connectivity index (χ4n) is 4.87. The summed E-state index contributed by atoms with van der Waals surface area (Å²) in [6.45, 7) is 7.63. The molecule has 1 atom stereocenters. The standard InChI is InChI=1S/C35H39N3O4S/c1-5-36-35(40)33(23-29-12-8-6-9-13-29)37(24-30-14-10-7-11-15-30)34(39)25-38(31-19-18-27(3)28(4)22-31)43(41,42)32-20-16-26(2)17-21-32/h6-22,33H,5,23-25H2,1-4H3,(H,36,40)/t33-/m1/s1. The molecule has 224 valence electrons. The number of rotatable bonds is 12. The lowest BCUT2D eigenvalue weighted by Crippen LogP contribution is -2.53. The summed E-state index contributed by atoms with van der Waals surface area (Å²) in [4.78, 5) is 29.5. The SMILES string of the molecule is CCNC(=O)[C@@H](Cc1ccccc1)N(Cc1ccccc1)C(=O)CN(c1ccc(C)c(C)c1)S(=O)(=O)c1ccc(C)cc1. The van der Waals surface area contributed by atoms with Crippen LogP contribution in [-0.4, -0.2) is 44.3 Å². The molecule has 1 N–H and O–H groups in total. The van der Waals surface area contributed by atoms with Crippen LogP contribution < -0.4 is 9.62 Å². The Morgan fingerprint density at radius 1 is 0.767 bits per heavy atom. The molecule has 4 rings (SSSR count). The van der Waals surface area contributed by atoms with E-state index in [2.05, 4.69) is 5.32 Å². The van der Waals surface area contributed by atoms with Crippen LogP contribution in [0, 0.1) is 20.8 Å². The number of aryl methyl sites for hydroxylation is 3. The van der Waals surface area contributed by atoms with Gasteiger partial charge in [0, 0.05) is 19.5 Å². The highest BCUT2D eigenvalue weighted by atomic mass is 32.2. The molecule has 0 fully saturated rings. The maximum absolute atomic E-state index is 14.4. The highest BCUT2D eigenvalue weighted by Crippen LogP contribution is 2.27. The fourth-order valence-corrected chi connectivity index (χ4v) is 6.28. The van der Waals surface area contributed by atoms with E-state index in [4.69, 9.17) is 0 Å². The number of carbonyl (C=O) groups excluding carboxylic acids is 2. The normalized spacial score (nSPS) is 11.9. The molecular formula is C35H39N3O4S. The number of hydrogen-bond acceptors (Lipinski definition) is 4. The van der Waals surface area contributed by atoms with E-state index in [0.717, 1.165) is 32.1 Å². The fraction of sp³-hybridized carbons (Fsp3) is 0.257. The number of nitrogens with one attached hydrogen (secondary N) is 1. The first-order valence-electron chi connectivity index (χ1n) is 14.4. The Morgan fingerprint density at radius 3 is 1.95 bits per heavy atom. The second-order valence-corrected chi connectivity index (χ2v) is 12.6. The maximum atomic E-state index is 14.4. The van der Waals surface area contributed by atoms with Gasteiger partial charge in [-0.1, -0.05) is 84.4 Å². The molecule has 0 aliphatic carbocycles. The number of hydrogen-bond donors (Lipinski definition) is 1. The van der Waals surface area contributed by atoms with E-state index in [1.54, 1.807) is 36.4 Å². The summed E-state index contributed by atoms with van der Waals surface area (Å²) in [5.74, 6) is -0.778. The molecule has 0 bridgehead atoms. The van der Waals surface area contributed by atoms with Crippen LogP contribution >= 0.6 is 0 Å². The van der Waals surface area contributed by atoms with Crippen LogP contribution in [0.3, 0.4) is 0 Å². The molecule has 0 saturated carbocycles. The van der Waals surface area contributed by atoms with Gasteiger partial charge in [0.1, 0.15) is 12.6 Å². The first kappa shape index (κ1) is 31.5. The Labute approximate surface area is 255 Å². The van der Waals surface area contributed by atoms with Crippen LogP contribution in [-0.2, 0) is 32.6 Å². The molecule has 0 spiro atoms. The lowest BCUT2D eigenvalue weighted by atomic mass is 10.0. The minimum atomic E-state index is -4.13. The molecule has 43 heavy (non-hydrogen) atoms. The van der Waals surface area contributed by atoms with Crippen LogP contribution in [0.15, 0.2) is 108 Å². The van der Waals surface area contributed by atoms with Gasteiger partial charge in [0.15, 0.2) is 0 Å². The van der Waals surface area contributed by atoms with Crippen molar-refractivity contribution in [1.82, 2.24) is 10.2 Å². The van der Waals surface area contributed by atoms with Crippen molar-refractivity contribution >= 4 is 27.5 Å². The van der Waals surface area contributed by atoms with Gasteiger partial charge in [0.2, 0.25) is 11.8 Å². The number of carbonyl (C=O) groups is 2. The first-order chi connectivity index (χ1) is 20.6. The zero-order valence-corrected chi connectivity index (χ0v) is 26.0. The van der Waals surface area contributed by atoms with Gasteiger partial charge in [-0.25, -0.2) is 8.42 Å².